The number of carbonyl (C=O) groups excluding carboxylic acids is 1. The molecule has 0 aliphatic heterocycles. The number of Topliss-reactive ketones (excluding diaryl/α,β-unsaturated/α-hetero) is 1. The highest BCUT2D eigenvalue weighted by molar-refractivity contribution is 6.03. The van der Waals surface area contributed by atoms with Crippen molar-refractivity contribution in [1.82, 2.24) is 4.90 Å². The van der Waals surface area contributed by atoms with E-state index in [1.54, 1.807) is 0 Å². The zero-order valence-corrected chi connectivity index (χ0v) is 14.6. The lowest BCUT2D eigenvalue weighted by atomic mass is 9.85. The summed E-state index contributed by atoms with van der Waals surface area (Å²) in [5.41, 5.74) is 1.71. The summed E-state index contributed by atoms with van der Waals surface area (Å²) >= 11 is 0. The first kappa shape index (κ1) is 17.9. The van der Waals surface area contributed by atoms with Crippen LogP contribution in [0.1, 0.15) is 63.9 Å². The van der Waals surface area contributed by atoms with Crippen molar-refractivity contribution in [2.75, 3.05) is 13.1 Å². The van der Waals surface area contributed by atoms with Gasteiger partial charge in [0.2, 0.25) is 0 Å². The van der Waals surface area contributed by atoms with E-state index in [4.69, 9.17) is 0 Å². The van der Waals surface area contributed by atoms with Crippen LogP contribution < -0.4 is 0 Å². The molecule has 118 valence electrons. The second-order valence-corrected chi connectivity index (χ2v) is 6.43. The van der Waals surface area contributed by atoms with Gasteiger partial charge in [0.25, 0.3) is 0 Å². The fraction of sp³-hybridized carbons (Fsp3) is 0.632. The maximum absolute atomic E-state index is 13.1. The molecule has 0 heterocycles. The average molecular weight is 289 g/mol. The van der Waals surface area contributed by atoms with Gasteiger partial charge in [0.15, 0.2) is 5.78 Å². The molecule has 1 aromatic rings. The van der Waals surface area contributed by atoms with Gasteiger partial charge in [-0.25, -0.2) is 0 Å². The predicted molar refractivity (Wildman–Crippen MR) is 90.9 cm³/mol. The third-order valence-electron chi connectivity index (χ3n) is 4.47. The van der Waals surface area contributed by atoms with E-state index in [1.807, 2.05) is 12.1 Å². The molecule has 0 saturated carbocycles. The minimum atomic E-state index is -0.403. The number of ketones is 1. The number of carbonyl (C=O) groups is 1. The zero-order chi connectivity index (χ0) is 16.0. The van der Waals surface area contributed by atoms with Crippen LogP contribution in [0.25, 0.3) is 0 Å². The summed E-state index contributed by atoms with van der Waals surface area (Å²) in [5, 5.41) is 0. The first-order valence-corrected chi connectivity index (χ1v) is 8.27. The Bertz CT molecular complexity index is 462. The summed E-state index contributed by atoms with van der Waals surface area (Å²) in [6.45, 7) is 14.7. The molecule has 1 atom stereocenters. The summed E-state index contributed by atoms with van der Waals surface area (Å²) in [7, 11) is 0. The molecule has 0 saturated heterocycles. The summed E-state index contributed by atoms with van der Waals surface area (Å²) in [6, 6.07) is 8.18. The lowest BCUT2D eigenvalue weighted by molar-refractivity contribution is 0.0607. The van der Waals surface area contributed by atoms with Crippen molar-refractivity contribution in [2.45, 2.75) is 59.9 Å². The van der Waals surface area contributed by atoms with Gasteiger partial charge in [-0.3, -0.25) is 9.69 Å². The molecular formula is C19H31NO. The SMILES string of the molecule is CCN(CC)C(C)(CC)C(=O)c1cccc(CC(C)C)c1. The fourth-order valence-electron chi connectivity index (χ4n) is 3.07. The Labute approximate surface area is 130 Å². The Morgan fingerprint density at radius 3 is 2.29 bits per heavy atom. The van der Waals surface area contributed by atoms with Crippen LogP contribution in [-0.2, 0) is 6.42 Å². The molecule has 2 heteroatoms. The van der Waals surface area contributed by atoms with Crippen molar-refractivity contribution in [1.29, 1.82) is 0 Å². The highest BCUT2D eigenvalue weighted by atomic mass is 16.1. The largest absolute Gasteiger partial charge is 0.292 e. The molecule has 0 N–H and O–H groups in total. The van der Waals surface area contributed by atoms with Crippen molar-refractivity contribution in [3.05, 3.63) is 35.4 Å². The summed E-state index contributed by atoms with van der Waals surface area (Å²) in [6.07, 6.45) is 1.86. The van der Waals surface area contributed by atoms with Crippen molar-refractivity contribution in [2.24, 2.45) is 5.92 Å². The lowest BCUT2D eigenvalue weighted by Gasteiger charge is -2.38. The van der Waals surface area contributed by atoms with Crippen molar-refractivity contribution in [3.8, 4) is 0 Å². The van der Waals surface area contributed by atoms with Gasteiger partial charge in [0, 0.05) is 5.56 Å². The van der Waals surface area contributed by atoms with E-state index in [-0.39, 0.29) is 5.78 Å². The Balaban J connectivity index is 3.10. The normalized spacial score (nSPS) is 14.5. The quantitative estimate of drug-likeness (QED) is 0.653. The standard InChI is InChI=1S/C19H31NO/c1-7-19(6,20(8-2)9-3)18(21)17-12-10-11-16(14-17)13-15(4)5/h10-12,14-15H,7-9,13H2,1-6H3. The monoisotopic (exact) mass is 289 g/mol. The summed E-state index contributed by atoms with van der Waals surface area (Å²) in [5.74, 6) is 0.856. The highest BCUT2D eigenvalue weighted by Crippen LogP contribution is 2.25. The van der Waals surface area contributed by atoms with E-state index >= 15 is 0 Å². The van der Waals surface area contributed by atoms with Gasteiger partial charge in [0.1, 0.15) is 0 Å². The van der Waals surface area contributed by atoms with Crippen LogP contribution in [0.2, 0.25) is 0 Å². The smallest absolute Gasteiger partial charge is 0.182 e. The van der Waals surface area contributed by atoms with Gasteiger partial charge in [-0.15, -0.1) is 0 Å². The Kier molecular flexibility index (Phi) is 6.60. The van der Waals surface area contributed by atoms with Gasteiger partial charge in [-0.1, -0.05) is 52.8 Å². The minimum absolute atomic E-state index is 0.249. The Hall–Kier alpha value is -1.15. The van der Waals surface area contributed by atoms with Crippen LogP contribution in [-0.4, -0.2) is 29.3 Å². The van der Waals surface area contributed by atoms with E-state index in [0.29, 0.717) is 5.92 Å². The minimum Gasteiger partial charge on any atom is -0.292 e. The van der Waals surface area contributed by atoms with Crippen LogP contribution in [0.15, 0.2) is 24.3 Å². The summed E-state index contributed by atoms with van der Waals surface area (Å²) < 4.78 is 0. The van der Waals surface area contributed by atoms with Crippen molar-refractivity contribution in [3.63, 3.8) is 0 Å². The Morgan fingerprint density at radius 2 is 1.81 bits per heavy atom. The molecule has 1 rings (SSSR count). The van der Waals surface area contributed by atoms with Crippen LogP contribution in [0.3, 0.4) is 0 Å². The maximum atomic E-state index is 13.1. The second-order valence-electron chi connectivity index (χ2n) is 6.43. The van der Waals surface area contributed by atoms with Crippen molar-refractivity contribution < 1.29 is 4.79 Å². The van der Waals surface area contributed by atoms with E-state index in [9.17, 15) is 4.79 Å². The van der Waals surface area contributed by atoms with Gasteiger partial charge in [-0.05, 0) is 50.4 Å². The number of likely N-dealkylation sites (N-methyl/N-ethyl adjacent to an activating group) is 1. The van der Waals surface area contributed by atoms with Gasteiger partial charge in [0.05, 0.1) is 5.54 Å². The van der Waals surface area contributed by atoms with E-state index in [0.717, 1.165) is 31.5 Å². The van der Waals surface area contributed by atoms with E-state index < -0.39 is 5.54 Å². The van der Waals surface area contributed by atoms with Gasteiger partial charge >= 0.3 is 0 Å². The number of hydrogen-bond acceptors (Lipinski definition) is 2. The van der Waals surface area contributed by atoms with Crippen LogP contribution in [0, 0.1) is 5.92 Å². The number of benzene rings is 1. The molecular weight excluding hydrogens is 258 g/mol. The molecule has 2 nitrogen and oxygen atoms in total. The first-order chi connectivity index (χ1) is 9.88. The molecule has 1 aromatic carbocycles. The molecule has 0 bridgehead atoms. The molecule has 0 aliphatic carbocycles. The lowest BCUT2D eigenvalue weighted by Crippen LogP contribution is -2.51. The molecule has 0 aliphatic rings. The molecule has 1 unspecified atom stereocenters. The third kappa shape index (κ3) is 4.16. The van der Waals surface area contributed by atoms with Crippen LogP contribution in [0.5, 0.6) is 0 Å². The molecule has 21 heavy (non-hydrogen) atoms. The number of hydrogen-bond donors (Lipinski definition) is 0. The van der Waals surface area contributed by atoms with Crippen LogP contribution in [0.4, 0.5) is 0 Å². The maximum Gasteiger partial charge on any atom is 0.182 e. The molecule has 0 fully saturated rings. The highest BCUT2D eigenvalue weighted by Gasteiger charge is 2.36. The Morgan fingerprint density at radius 1 is 1.19 bits per heavy atom. The number of rotatable bonds is 8. The van der Waals surface area contributed by atoms with E-state index in [1.165, 1.54) is 5.56 Å². The fourth-order valence-corrected chi connectivity index (χ4v) is 3.07. The topological polar surface area (TPSA) is 20.3 Å². The molecule has 0 amide bonds. The molecule has 0 radical (unpaired) electrons. The number of nitrogens with zero attached hydrogens (tertiary/aromatic N) is 1. The predicted octanol–water partition coefficient (Wildman–Crippen LogP) is 4.58. The zero-order valence-electron chi connectivity index (χ0n) is 14.6. The second kappa shape index (κ2) is 7.74. The van der Waals surface area contributed by atoms with E-state index in [2.05, 4.69) is 58.6 Å². The van der Waals surface area contributed by atoms with Gasteiger partial charge in [-0.2, -0.15) is 0 Å². The molecule has 0 aromatic heterocycles. The third-order valence-corrected chi connectivity index (χ3v) is 4.47. The summed E-state index contributed by atoms with van der Waals surface area (Å²) in [4.78, 5) is 15.3. The first-order valence-electron chi connectivity index (χ1n) is 8.27. The van der Waals surface area contributed by atoms with Crippen molar-refractivity contribution >= 4 is 5.78 Å². The van der Waals surface area contributed by atoms with Gasteiger partial charge < -0.3 is 0 Å². The van der Waals surface area contributed by atoms with Crippen LogP contribution >= 0.6 is 0 Å². The average Bonchev–Trinajstić information content (AvgIpc) is 2.47. The molecule has 0 spiro atoms.